The van der Waals surface area contributed by atoms with Gasteiger partial charge in [-0.3, -0.25) is 4.79 Å². The normalized spacial score (nSPS) is 19.6. The lowest BCUT2D eigenvalue weighted by Gasteiger charge is -2.28. The number of hydrogen-bond acceptors (Lipinski definition) is 3. The van der Waals surface area contributed by atoms with Crippen LogP contribution in [0, 0.1) is 0 Å². The first kappa shape index (κ1) is 11.5. The summed E-state index contributed by atoms with van der Waals surface area (Å²) in [6.07, 6.45) is 2.35. The molecule has 1 aliphatic heterocycles. The Morgan fingerprint density at radius 2 is 2.14 bits per heavy atom. The summed E-state index contributed by atoms with van der Waals surface area (Å²) >= 11 is 0. The Kier molecular flexibility index (Phi) is 4.90. The van der Waals surface area contributed by atoms with Crippen LogP contribution in [0.5, 0.6) is 0 Å². The molecule has 0 aliphatic carbocycles. The summed E-state index contributed by atoms with van der Waals surface area (Å²) < 4.78 is 5.51. The highest BCUT2D eigenvalue weighted by atomic mass is 16.5. The number of rotatable bonds is 4. The van der Waals surface area contributed by atoms with E-state index >= 15 is 0 Å². The van der Waals surface area contributed by atoms with Gasteiger partial charge in [-0.2, -0.15) is 0 Å². The maximum atomic E-state index is 11.1. The fourth-order valence-electron chi connectivity index (χ4n) is 1.59. The van der Waals surface area contributed by atoms with E-state index in [0.29, 0.717) is 6.54 Å². The maximum absolute atomic E-state index is 11.1. The number of hydrogen-bond donors (Lipinski definition) is 1. The lowest BCUT2D eigenvalue weighted by atomic mass is 10.1. The third kappa shape index (κ3) is 4.07. The minimum Gasteiger partial charge on any atom is -0.368 e. The molecule has 1 saturated heterocycles. The van der Waals surface area contributed by atoms with Crippen LogP contribution in [0.3, 0.4) is 0 Å². The molecule has 1 heterocycles. The van der Waals surface area contributed by atoms with Crippen LogP contribution < -0.4 is 5.32 Å². The van der Waals surface area contributed by atoms with E-state index in [1.807, 2.05) is 6.92 Å². The Hall–Kier alpha value is -0.610. The van der Waals surface area contributed by atoms with Crippen molar-refractivity contribution in [2.75, 3.05) is 33.3 Å². The highest BCUT2D eigenvalue weighted by molar-refractivity contribution is 5.77. The molecule has 1 N–H and O–H groups in total. The van der Waals surface area contributed by atoms with Gasteiger partial charge in [-0.05, 0) is 26.8 Å². The Bertz CT molecular complexity index is 177. The molecule has 0 aromatic rings. The third-order valence-corrected chi connectivity index (χ3v) is 2.49. The molecule has 0 spiro atoms. The van der Waals surface area contributed by atoms with Crippen molar-refractivity contribution in [3.8, 4) is 0 Å². The van der Waals surface area contributed by atoms with Gasteiger partial charge < -0.3 is 15.0 Å². The zero-order valence-electron chi connectivity index (χ0n) is 9.08. The quantitative estimate of drug-likeness (QED) is 0.706. The Morgan fingerprint density at radius 3 is 2.71 bits per heavy atom. The molecule has 0 unspecified atom stereocenters. The lowest BCUT2D eigenvalue weighted by molar-refractivity contribution is -0.128. The summed E-state index contributed by atoms with van der Waals surface area (Å²) in [5, 5.41) is 2.72. The number of carbonyl (C=O) groups excluding carboxylic acids is 1. The summed E-state index contributed by atoms with van der Waals surface area (Å²) in [6.45, 7) is 4.94. The molecule has 1 fully saturated rings. The number of nitrogens with zero attached hydrogens (tertiary/aromatic N) is 1. The first-order valence-corrected chi connectivity index (χ1v) is 5.29. The first-order valence-electron chi connectivity index (χ1n) is 5.29. The minimum atomic E-state index is -0.00794. The number of nitrogens with one attached hydrogen (secondary N) is 1. The van der Waals surface area contributed by atoms with E-state index in [2.05, 4.69) is 17.3 Å². The molecule has 1 aliphatic rings. The van der Waals surface area contributed by atoms with Gasteiger partial charge in [0.15, 0.2) is 0 Å². The SMILES string of the molecule is CCNC(=O)COC1CCN(C)CC1. The smallest absolute Gasteiger partial charge is 0.246 e. The van der Waals surface area contributed by atoms with Crippen molar-refractivity contribution < 1.29 is 9.53 Å². The van der Waals surface area contributed by atoms with Crippen molar-refractivity contribution in [2.45, 2.75) is 25.9 Å². The van der Waals surface area contributed by atoms with E-state index in [1.54, 1.807) is 0 Å². The fraction of sp³-hybridized carbons (Fsp3) is 0.900. The molecule has 0 aromatic carbocycles. The molecule has 14 heavy (non-hydrogen) atoms. The molecule has 0 aromatic heterocycles. The van der Waals surface area contributed by atoms with Crippen molar-refractivity contribution in [1.82, 2.24) is 10.2 Å². The topological polar surface area (TPSA) is 41.6 Å². The minimum absolute atomic E-state index is 0.00794. The highest BCUT2D eigenvalue weighted by Crippen LogP contribution is 2.11. The summed E-state index contributed by atoms with van der Waals surface area (Å²) in [6, 6.07) is 0. The van der Waals surface area contributed by atoms with E-state index < -0.39 is 0 Å². The number of ether oxygens (including phenoxy) is 1. The van der Waals surface area contributed by atoms with Crippen LogP contribution >= 0.6 is 0 Å². The van der Waals surface area contributed by atoms with Gasteiger partial charge >= 0.3 is 0 Å². The lowest BCUT2D eigenvalue weighted by Crippen LogP contribution is -2.36. The van der Waals surface area contributed by atoms with Crippen molar-refractivity contribution >= 4 is 5.91 Å². The van der Waals surface area contributed by atoms with Crippen LogP contribution in [-0.2, 0) is 9.53 Å². The van der Waals surface area contributed by atoms with Crippen molar-refractivity contribution in [3.05, 3.63) is 0 Å². The summed E-state index contributed by atoms with van der Waals surface area (Å²) in [4.78, 5) is 13.4. The predicted octanol–water partition coefficient (Wildman–Crippen LogP) is 0.233. The number of likely N-dealkylation sites (N-methyl/N-ethyl adjacent to an activating group) is 1. The van der Waals surface area contributed by atoms with Crippen molar-refractivity contribution in [1.29, 1.82) is 0 Å². The molecular weight excluding hydrogens is 180 g/mol. The van der Waals surface area contributed by atoms with Gasteiger partial charge in [-0.25, -0.2) is 0 Å². The Morgan fingerprint density at radius 1 is 1.50 bits per heavy atom. The average molecular weight is 200 g/mol. The van der Waals surface area contributed by atoms with Gasteiger partial charge in [-0.1, -0.05) is 0 Å². The van der Waals surface area contributed by atoms with Crippen LogP contribution in [0.15, 0.2) is 0 Å². The largest absolute Gasteiger partial charge is 0.368 e. The fourth-order valence-corrected chi connectivity index (χ4v) is 1.59. The van der Waals surface area contributed by atoms with Crippen molar-refractivity contribution in [3.63, 3.8) is 0 Å². The molecule has 0 radical (unpaired) electrons. The monoisotopic (exact) mass is 200 g/mol. The summed E-state index contributed by atoms with van der Waals surface area (Å²) in [5.41, 5.74) is 0. The van der Waals surface area contributed by atoms with Crippen LogP contribution in [0.2, 0.25) is 0 Å². The van der Waals surface area contributed by atoms with Crippen LogP contribution in [-0.4, -0.2) is 50.2 Å². The number of carbonyl (C=O) groups is 1. The first-order chi connectivity index (χ1) is 6.72. The van der Waals surface area contributed by atoms with E-state index in [9.17, 15) is 4.79 Å². The van der Waals surface area contributed by atoms with Gasteiger partial charge in [0, 0.05) is 19.6 Å². The van der Waals surface area contributed by atoms with E-state index in [1.165, 1.54) is 0 Å². The standard InChI is InChI=1S/C10H20N2O2/c1-3-11-10(13)8-14-9-4-6-12(2)7-5-9/h9H,3-8H2,1-2H3,(H,11,13). The van der Waals surface area contributed by atoms with Crippen LogP contribution in [0.25, 0.3) is 0 Å². The van der Waals surface area contributed by atoms with E-state index in [0.717, 1.165) is 25.9 Å². The van der Waals surface area contributed by atoms with Crippen LogP contribution in [0.1, 0.15) is 19.8 Å². The maximum Gasteiger partial charge on any atom is 0.246 e. The third-order valence-electron chi connectivity index (χ3n) is 2.49. The van der Waals surface area contributed by atoms with Gasteiger partial charge in [0.25, 0.3) is 0 Å². The molecule has 4 heteroatoms. The van der Waals surface area contributed by atoms with Gasteiger partial charge in [0.1, 0.15) is 6.61 Å². The second kappa shape index (κ2) is 5.98. The number of piperidine rings is 1. The Labute approximate surface area is 85.6 Å². The van der Waals surface area contributed by atoms with Crippen molar-refractivity contribution in [2.24, 2.45) is 0 Å². The molecule has 82 valence electrons. The molecule has 0 bridgehead atoms. The number of amides is 1. The zero-order chi connectivity index (χ0) is 10.4. The number of likely N-dealkylation sites (tertiary alicyclic amines) is 1. The van der Waals surface area contributed by atoms with Crippen LogP contribution in [0.4, 0.5) is 0 Å². The van der Waals surface area contributed by atoms with Gasteiger partial charge in [-0.15, -0.1) is 0 Å². The Balaban J connectivity index is 2.09. The molecule has 0 saturated carbocycles. The van der Waals surface area contributed by atoms with Gasteiger partial charge in [0.2, 0.25) is 5.91 Å². The molecule has 1 amide bonds. The second-order valence-corrected chi connectivity index (χ2v) is 3.77. The predicted molar refractivity (Wildman–Crippen MR) is 55.2 cm³/mol. The van der Waals surface area contributed by atoms with E-state index in [4.69, 9.17) is 4.74 Å². The average Bonchev–Trinajstić information content (AvgIpc) is 2.17. The summed E-state index contributed by atoms with van der Waals surface area (Å²) in [7, 11) is 2.11. The molecule has 1 rings (SSSR count). The summed E-state index contributed by atoms with van der Waals surface area (Å²) in [5.74, 6) is -0.00794. The van der Waals surface area contributed by atoms with Gasteiger partial charge in [0.05, 0.1) is 6.10 Å². The second-order valence-electron chi connectivity index (χ2n) is 3.77. The zero-order valence-corrected chi connectivity index (χ0v) is 9.08. The highest BCUT2D eigenvalue weighted by Gasteiger charge is 2.17. The van der Waals surface area contributed by atoms with E-state index in [-0.39, 0.29) is 18.6 Å². The molecule has 4 nitrogen and oxygen atoms in total. The molecular formula is C10H20N2O2. The molecule has 0 atom stereocenters.